The zero-order chi connectivity index (χ0) is 47.7. The number of hydrogen-bond acceptors (Lipinski definition) is 5. The lowest BCUT2D eigenvalue weighted by Crippen LogP contribution is -2.30. The van der Waals surface area contributed by atoms with Crippen molar-refractivity contribution in [1.29, 1.82) is 0 Å². The molecule has 0 aromatic carbocycles. The lowest BCUT2D eigenvalue weighted by atomic mass is 10.1. The van der Waals surface area contributed by atoms with Gasteiger partial charge in [0, 0.05) is 19.4 Å². The standard InChI is InChI=1S/C61H102O5/c1-4-7-10-13-16-19-22-24-26-28-30-32-34-36-38-41-44-47-50-53-56-64-57-59(66-61(63)55-52-49-46-43-39-21-18-15-12-9-6-3)58-65-60(62)54-51-48-45-42-40-37-35-33-31-29-27-25-23-20-17-14-11-8-5-2/h7,10,15-20,24-27,30-33,36,38,59H,4-6,8-9,11-14,21-23,28-29,34-35,37,39-58H2,1-3H3/b10-7-,18-15-,19-16-,20-17-,26-24-,27-25-,32-30-,33-31-,38-36-. The SMILES string of the molecule is CC/C=C\C/C=C\C/C=C\C/C=C\C/C=C\CCCCCCOCC(COC(=O)CCCCCCCC/C=C\C/C=C\C/C=C\CCCCC)OC(=O)CCCCCCC/C=C\CCCC. The molecule has 1 unspecified atom stereocenters. The normalized spacial score (nSPS) is 13.1. The summed E-state index contributed by atoms with van der Waals surface area (Å²) >= 11 is 0. The van der Waals surface area contributed by atoms with Crippen LogP contribution in [0.2, 0.25) is 0 Å². The number of rotatable bonds is 49. The Bertz CT molecular complexity index is 1310. The monoisotopic (exact) mass is 915 g/mol. The van der Waals surface area contributed by atoms with Crippen LogP contribution in [-0.4, -0.2) is 37.9 Å². The first-order chi connectivity index (χ1) is 32.6. The average Bonchev–Trinajstić information content (AvgIpc) is 3.32. The summed E-state index contributed by atoms with van der Waals surface area (Å²) in [5, 5.41) is 0. The number of ether oxygens (including phenoxy) is 3. The van der Waals surface area contributed by atoms with Gasteiger partial charge in [-0.15, -0.1) is 0 Å². The molecule has 1 atom stereocenters. The van der Waals surface area contributed by atoms with Crippen LogP contribution in [0.15, 0.2) is 109 Å². The van der Waals surface area contributed by atoms with Crippen LogP contribution in [0.5, 0.6) is 0 Å². The Labute approximate surface area is 408 Å². The first-order valence-corrected chi connectivity index (χ1v) is 27.4. The van der Waals surface area contributed by atoms with Gasteiger partial charge in [0.1, 0.15) is 6.61 Å². The zero-order valence-corrected chi connectivity index (χ0v) is 43.2. The van der Waals surface area contributed by atoms with Gasteiger partial charge >= 0.3 is 11.9 Å². The molecule has 0 aliphatic rings. The summed E-state index contributed by atoms with van der Waals surface area (Å²) in [6, 6.07) is 0. The number of unbranched alkanes of at least 4 members (excludes halogenated alkanes) is 20. The summed E-state index contributed by atoms with van der Waals surface area (Å²) in [4.78, 5) is 25.4. The number of carbonyl (C=O) groups is 2. The summed E-state index contributed by atoms with van der Waals surface area (Å²) in [5.41, 5.74) is 0. The molecular formula is C61H102O5. The van der Waals surface area contributed by atoms with Crippen LogP contribution in [0.4, 0.5) is 0 Å². The molecule has 0 N–H and O–H groups in total. The first-order valence-electron chi connectivity index (χ1n) is 27.4. The highest BCUT2D eigenvalue weighted by Gasteiger charge is 2.17. The van der Waals surface area contributed by atoms with Gasteiger partial charge in [0.2, 0.25) is 0 Å². The van der Waals surface area contributed by atoms with Crippen molar-refractivity contribution in [3.05, 3.63) is 109 Å². The summed E-state index contributed by atoms with van der Waals surface area (Å²) in [5.74, 6) is -0.441. The number of esters is 2. The molecule has 66 heavy (non-hydrogen) atoms. The molecule has 0 aromatic rings. The Morgan fingerprint density at radius 2 is 0.697 bits per heavy atom. The first kappa shape index (κ1) is 62.6. The summed E-state index contributed by atoms with van der Waals surface area (Å²) in [6.07, 6.45) is 76.7. The molecular weight excluding hydrogens is 813 g/mol. The van der Waals surface area contributed by atoms with Gasteiger partial charge in [-0.05, 0) is 122 Å². The second-order valence-electron chi connectivity index (χ2n) is 17.7. The molecule has 0 spiro atoms. The molecule has 0 heterocycles. The van der Waals surface area contributed by atoms with Gasteiger partial charge in [0.05, 0.1) is 6.61 Å². The molecule has 0 amide bonds. The molecule has 376 valence electrons. The van der Waals surface area contributed by atoms with E-state index in [4.69, 9.17) is 14.2 Å². The third kappa shape index (κ3) is 53.2. The maximum Gasteiger partial charge on any atom is 0.306 e. The molecule has 0 bridgehead atoms. The Hall–Kier alpha value is -3.44. The van der Waals surface area contributed by atoms with Crippen LogP contribution in [-0.2, 0) is 23.8 Å². The van der Waals surface area contributed by atoms with E-state index in [0.717, 1.165) is 122 Å². The van der Waals surface area contributed by atoms with Crippen LogP contribution in [0, 0.1) is 0 Å². The van der Waals surface area contributed by atoms with Crippen LogP contribution in [0.3, 0.4) is 0 Å². The molecule has 0 fully saturated rings. The second kappa shape index (κ2) is 55.9. The van der Waals surface area contributed by atoms with Crippen LogP contribution < -0.4 is 0 Å². The third-order valence-electron chi connectivity index (χ3n) is 11.3. The molecule has 0 radical (unpaired) electrons. The van der Waals surface area contributed by atoms with E-state index in [9.17, 15) is 9.59 Å². The highest BCUT2D eigenvalue weighted by Crippen LogP contribution is 2.13. The summed E-state index contributed by atoms with van der Waals surface area (Å²) in [7, 11) is 0. The summed E-state index contributed by atoms with van der Waals surface area (Å²) < 4.78 is 17.4. The van der Waals surface area contributed by atoms with Crippen LogP contribution >= 0.6 is 0 Å². The fraction of sp³-hybridized carbons (Fsp3) is 0.672. The van der Waals surface area contributed by atoms with Gasteiger partial charge in [-0.2, -0.15) is 0 Å². The lowest BCUT2D eigenvalue weighted by molar-refractivity contribution is -0.163. The van der Waals surface area contributed by atoms with Gasteiger partial charge in [-0.1, -0.05) is 214 Å². The van der Waals surface area contributed by atoms with Gasteiger partial charge in [-0.25, -0.2) is 0 Å². The van der Waals surface area contributed by atoms with Crippen molar-refractivity contribution < 1.29 is 23.8 Å². The van der Waals surface area contributed by atoms with E-state index < -0.39 is 6.10 Å². The quantitative estimate of drug-likeness (QED) is 0.0346. The van der Waals surface area contributed by atoms with Crippen molar-refractivity contribution in [3.8, 4) is 0 Å². The van der Waals surface area contributed by atoms with Crippen LogP contribution in [0.1, 0.15) is 239 Å². The maximum absolute atomic E-state index is 12.8. The minimum atomic E-state index is -0.566. The predicted molar refractivity (Wildman–Crippen MR) is 288 cm³/mol. The molecule has 5 nitrogen and oxygen atoms in total. The molecule has 5 heteroatoms. The summed E-state index contributed by atoms with van der Waals surface area (Å²) in [6.45, 7) is 7.57. The Kier molecular flexibility index (Phi) is 53.0. The van der Waals surface area contributed by atoms with Crippen molar-refractivity contribution in [2.75, 3.05) is 19.8 Å². The molecule has 0 aliphatic heterocycles. The van der Waals surface area contributed by atoms with Crippen molar-refractivity contribution in [2.45, 2.75) is 245 Å². The fourth-order valence-electron chi connectivity index (χ4n) is 7.17. The van der Waals surface area contributed by atoms with Gasteiger partial charge in [0.15, 0.2) is 6.10 Å². The fourth-order valence-corrected chi connectivity index (χ4v) is 7.17. The number of carbonyl (C=O) groups excluding carboxylic acids is 2. The van der Waals surface area contributed by atoms with E-state index in [1.807, 2.05) is 0 Å². The zero-order valence-electron chi connectivity index (χ0n) is 43.2. The Balaban J connectivity index is 4.32. The smallest absolute Gasteiger partial charge is 0.306 e. The van der Waals surface area contributed by atoms with E-state index in [1.54, 1.807) is 0 Å². The maximum atomic E-state index is 12.8. The highest BCUT2D eigenvalue weighted by molar-refractivity contribution is 5.70. The van der Waals surface area contributed by atoms with Gasteiger partial charge in [-0.3, -0.25) is 9.59 Å². The Morgan fingerprint density at radius 1 is 0.348 bits per heavy atom. The molecule has 0 rings (SSSR count). The Morgan fingerprint density at radius 3 is 1.15 bits per heavy atom. The van der Waals surface area contributed by atoms with Crippen LogP contribution in [0.25, 0.3) is 0 Å². The van der Waals surface area contributed by atoms with E-state index in [0.29, 0.717) is 19.4 Å². The highest BCUT2D eigenvalue weighted by atomic mass is 16.6. The molecule has 0 aromatic heterocycles. The van der Waals surface area contributed by atoms with Crippen molar-refractivity contribution in [1.82, 2.24) is 0 Å². The molecule has 0 aliphatic carbocycles. The number of allylic oxidation sites excluding steroid dienone is 18. The largest absolute Gasteiger partial charge is 0.462 e. The van der Waals surface area contributed by atoms with Crippen molar-refractivity contribution in [2.24, 2.45) is 0 Å². The average molecular weight is 915 g/mol. The number of hydrogen-bond donors (Lipinski definition) is 0. The van der Waals surface area contributed by atoms with Gasteiger partial charge in [0.25, 0.3) is 0 Å². The molecule has 0 saturated heterocycles. The van der Waals surface area contributed by atoms with E-state index in [2.05, 4.69) is 130 Å². The predicted octanol–water partition coefficient (Wildman–Crippen LogP) is 18.8. The third-order valence-corrected chi connectivity index (χ3v) is 11.3. The van der Waals surface area contributed by atoms with Gasteiger partial charge < -0.3 is 14.2 Å². The minimum absolute atomic E-state index is 0.0586. The topological polar surface area (TPSA) is 61.8 Å². The lowest BCUT2D eigenvalue weighted by Gasteiger charge is -2.18. The molecule has 0 saturated carbocycles. The van der Waals surface area contributed by atoms with Crippen molar-refractivity contribution >= 4 is 11.9 Å². The van der Waals surface area contributed by atoms with Crippen molar-refractivity contribution in [3.63, 3.8) is 0 Å². The van der Waals surface area contributed by atoms with E-state index in [-0.39, 0.29) is 25.2 Å². The minimum Gasteiger partial charge on any atom is -0.462 e. The second-order valence-corrected chi connectivity index (χ2v) is 17.7. The van der Waals surface area contributed by atoms with E-state index >= 15 is 0 Å². The van der Waals surface area contributed by atoms with E-state index in [1.165, 1.54) is 83.5 Å².